The van der Waals surface area contributed by atoms with Crippen LogP contribution in [0.15, 0.2) is 0 Å². The van der Waals surface area contributed by atoms with Crippen molar-refractivity contribution in [1.29, 1.82) is 0 Å². The SMILES string of the molecule is CCCC1CN(CCS(C)(=O)=O)C(C)(CC)CN1. The minimum absolute atomic E-state index is 0.0922. The highest BCUT2D eigenvalue weighted by atomic mass is 32.2. The molecule has 1 aliphatic rings. The van der Waals surface area contributed by atoms with Crippen molar-refractivity contribution in [1.82, 2.24) is 10.2 Å². The standard InChI is InChI=1S/C13H28N2O2S/c1-5-7-12-10-15(8-9-18(4,16)17)13(3,6-2)11-14-12/h12,14H,5-11H2,1-4H3. The van der Waals surface area contributed by atoms with E-state index in [4.69, 9.17) is 0 Å². The van der Waals surface area contributed by atoms with Crippen molar-refractivity contribution in [2.75, 3.05) is 31.6 Å². The molecule has 0 amide bonds. The second kappa shape index (κ2) is 6.35. The quantitative estimate of drug-likeness (QED) is 0.794. The Morgan fingerprint density at radius 1 is 1.39 bits per heavy atom. The lowest BCUT2D eigenvalue weighted by molar-refractivity contribution is 0.0529. The van der Waals surface area contributed by atoms with Gasteiger partial charge in [0, 0.05) is 37.5 Å². The van der Waals surface area contributed by atoms with Crippen LogP contribution >= 0.6 is 0 Å². The maximum absolute atomic E-state index is 11.3. The van der Waals surface area contributed by atoms with Gasteiger partial charge in [0.05, 0.1) is 5.75 Å². The molecular weight excluding hydrogens is 248 g/mol. The molecule has 5 heteroatoms. The summed E-state index contributed by atoms with van der Waals surface area (Å²) in [4.78, 5) is 2.37. The van der Waals surface area contributed by atoms with E-state index < -0.39 is 9.84 Å². The molecule has 0 aliphatic carbocycles. The molecule has 4 nitrogen and oxygen atoms in total. The van der Waals surface area contributed by atoms with Crippen LogP contribution in [-0.4, -0.2) is 56.5 Å². The zero-order valence-corrected chi connectivity index (χ0v) is 13.0. The van der Waals surface area contributed by atoms with E-state index in [0.29, 0.717) is 12.6 Å². The predicted octanol–water partition coefficient (Wildman–Crippen LogP) is 1.27. The van der Waals surface area contributed by atoms with Crippen molar-refractivity contribution < 1.29 is 8.42 Å². The van der Waals surface area contributed by atoms with Gasteiger partial charge in [0.1, 0.15) is 9.84 Å². The first-order valence-corrected chi connectivity index (χ1v) is 9.03. The van der Waals surface area contributed by atoms with Crippen LogP contribution in [0.25, 0.3) is 0 Å². The van der Waals surface area contributed by atoms with Crippen molar-refractivity contribution in [2.24, 2.45) is 0 Å². The Morgan fingerprint density at radius 2 is 2.06 bits per heavy atom. The fourth-order valence-electron chi connectivity index (χ4n) is 2.55. The summed E-state index contributed by atoms with van der Waals surface area (Å²) < 4.78 is 22.7. The van der Waals surface area contributed by atoms with Crippen molar-refractivity contribution in [3.63, 3.8) is 0 Å². The second-order valence-electron chi connectivity index (χ2n) is 5.79. The summed E-state index contributed by atoms with van der Waals surface area (Å²) in [6.07, 6.45) is 4.69. The minimum atomic E-state index is -2.87. The fourth-order valence-corrected chi connectivity index (χ4v) is 3.11. The van der Waals surface area contributed by atoms with Crippen LogP contribution in [0.1, 0.15) is 40.0 Å². The monoisotopic (exact) mass is 276 g/mol. The summed E-state index contributed by atoms with van der Waals surface area (Å²) >= 11 is 0. The lowest BCUT2D eigenvalue weighted by Gasteiger charge is -2.48. The Hall–Kier alpha value is -0.130. The van der Waals surface area contributed by atoms with Crippen LogP contribution in [0.2, 0.25) is 0 Å². The van der Waals surface area contributed by atoms with Gasteiger partial charge in [-0.1, -0.05) is 20.3 Å². The van der Waals surface area contributed by atoms with Crippen LogP contribution < -0.4 is 5.32 Å². The predicted molar refractivity (Wildman–Crippen MR) is 76.7 cm³/mol. The number of hydrogen-bond acceptors (Lipinski definition) is 4. The molecule has 2 unspecified atom stereocenters. The van der Waals surface area contributed by atoms with E-state index in [1.165, 1.54) is 12.7 Å². The zero-order valence-electron chi connectivity index (χ0n) is 12.2. The molecular formula is C13H28N2O2S. The molecule has 0 aromatic rings. The summed E-state index contributed by atoms with van der Waals surface area (Å²) in [5.74, 6) is 0.265. The van der Waals surface area contributed by atoms with E-state index in [0.717, 1.165) is 25.9 Å². The van der Waals surface area contributed by atoms with Crippen LogP contribution in [-0.2, 0) is 9.84 Å². The highest BCUT2D eigenvalue weighted by molar-refractivity contribution is 7.90. The van der Waals surface area contributed by atoms with E-state index in [-0.39, 0.29) is 11.3 Å². The Labute approximate surface area is 112 Å². The first kappa shape index (κ1) is 15.9. The number of piperazine rings is 1. The molecule has 0 saturated carbocycles. The molecule has 1 fully saturated rings. The smallest absolute Gasteiger partial charge is 0.148 e. The Bertz CT molecular complexity index is 356. The van der Waals surface area contributed by atoms with E-state index in [1.807, 2.05) is 0 Å². The summed E-state index contributed by atoms with van der Waals surface area (Å²) in [6.45, 7) is 9.17. The normalized spacial score (nSPS) is 30.6. The lowest BCUT2D eigenvalue weighted by atomic mass is 9.91. The molecule has 1 rings (SSSR count). The van der Waals surface area contributed by atoms with E-state index in [2.05, 4.69) is 31.0 Å². The molecule has 1 aliphatic heterocycles. The lowest BCUT2D eigenvalue weighted by Crippen LogP contribution is -2.63. The molecule has 0 bridgehead atoms. The highest BCUT2D eigenvalue weighted by Crippen LogP contribution is 2.23. The van der Waals surface area contributed by atoms with Crippen molar-refractivity contribution in [3.8, 4) is 0 Å². The Balaban J connectivity index is 2.66. The summed E-state index contributed by atoms with van der Waals surface area (Å²) in [5.41, 5.74) is 0.0922. The van der Waals surface area contributed by atoms with Crippen LogP contribution in [0.5, 0.6) is 0 Å². The maximum atomic E-state index is 11.3. The van der Waals surface area contributed by atoms with E-state index in [9.17, 15) is 8.42 Å². The van der Waals surface area contributed by atoms with Gasteiger partial charge in [0.2, 0.25) is 0 Å². The average molecular weight is 276 g/mol. The first-order valence-electron chi connectivity index (χ1n) is 6.97. The van der Waals surface area contributed by atoms with Crippen LogP contribution in [0, 0.1) is 0 Å². The molecule has 18 heavy (non-hydrogen) atoms. The molecule has 108 valence electrons. The fraction of sp³-hybridized carbons (Fsp3) is 1.00. The third-order valence-electron chi connectivity index (χ3n) is 4.11. The average Bonchev–Trinajstić information content (AvgIpc) is 2.29. The third kappa shape index (κ3) is 4.52. The summed E-state index contributed by atoms with van der Waals surface area (Å²) in [7, 11) is -2.87. The van der Waals surface area contributed by atoms with Gasteiger partial charge in [-0.3, -0.25) is 4.90 Å². The van der Waals surface area contributed by atoms with Crippen molar-refractivity contribution in [2.45, 2.75) is 51.6 Å². The van der Waals surface area contributed by atoms with Crippen molar-refractivity contribution >= 4 is 9.84 Å². The highest BCUT2D eigenvalue weighted by Gasteiger charge is 2.35. The Kier molecular flexibility index (Phi) is 5.62. The van der Waals surface area contributed by atoms with E-state index >= 15 is 0 Å². The van der Waals surface area contributed by atoms with Gasteiger partial charge in [-0.05, 0) is 19.8 Å². The minimum Gasteiger partial charge on any atom is -0.311 e. The second-order valence-corrected chi connectivity index (χ2v) is 8.05. The molecule has 2 atom stereocenters. The summed E-state index contributed by atoms with van der Waals surface area (Å²) in [5, 5.41) is 3.60. The van der Waals surface area contributed by atoms with Gasteiger partial charge in [0.25, 0.3) is 0 Å². The number of nitrogens with one attached hydrogen (secondary N) is 1. The molecule has 0 spiro atoms. The molecule has 1 saturated heterocycles. The molecule has 1 heterocycles. The molecule has 0 aromatic heterocycles. The van der Waals surface area contributed by atoms with Gasteiger partial charge >= 0.3 is 0 Å². The number of sulfone groups is 1. The van der Waals surface area contributed by atoms with Crippen LogP contribution in [0.3, 0.4) is 0 Å². The van der Waals surface area contributed by atoms with Crippen molar-refractivity contribution in [3.05, 3.63) is 0 Å². The molecule has 1 N–H and O–H groups in total. The van der Waals surface area contributed by atoms with Gasteiger partial charge in [-0.2, -0.15) is 0 Å². The largest absolute Gasteiger partial charge is 0.311 e. The van der Waals surface area contributed by atoms with E-state index in [1.54, 1.807) is 0 Å². The first-order chi connectivity index (χ1) is 8.30. The molecule has 0 radical (unpaired) electrons. The number of hydrogen-bond donors (Lipinski definition) is 1. The van der Waals surface area contributed by atoms with Gasteiger partial charge in [0.15, 0.2) is 0 Å². The molecule has 0 aromatic carbocycles. The van der Waals surface area contributed by atoms with Gasteiger partial charge < -0.3 is 5.32 Å². The van der Waals surface area contributed by atoms with Gasteiger partial charge in [-0.25, -0.2) is 8.42 Å². The maximum Gasteiger partial charge on any atom is 0.148 e. The Morgan fingerprint density at radius 3 is 2.56 bits per heavy atom. The number of nitrogens with zero attached hydrogens (tertiary/aromatic N) is 1. The van der Waals surface area contributed by atoms with Crippen LogP contribution in [0.4, 0.5) is 0 Å². The number of rotatable bonds is 6. The van der Waals surface area contributed by atoms with Gasteiger partial charge in [-0.15, -0.1) is 0 Å². The topological polar surface area (TPSA) is 49.4 Å². The summed E-state index contributed by atoms with van der Waals surface area (Å²) in [6, 6.07) is 0.509. The zero-order chi connectivity index (χ0) is 13.8. The third-order valence-corrected chi connectivity index (χ3v) is 5.03.